The number of hydrogen-bond acceptors (Lipinski definition) is 2. The summed E-state index contributed by atoms with van der Waals surface area (Å²) >= 11 is 1.86. The molecule has 1 nitrogen and oxygen atoms in total. The van der Waals surface area contributed by atoms with E-state index in [2.05, 4.69) is 48.8 Å². The zero-order valence-electron chi connectivity index (χ0n) is 11.0. The van der Waals surface area contributed by atoms with Crippen LogP contribution in [0.4, 0.5) is 0 Å². The third-order valence-electron chi connectivity index (χ3n) is 3.70. The Morgan fingerprint density at radius 3 is 2.89 bits per heavy atom. The fraction of sp³-hybridized carbons (Fsp3) is 0.375. The Morgan fingerprint density at radius 1 is 1.28 bits per heavy atom. The molecule has 1 aliphatic carbocycles. The summed E-state index contributed by atoms with van der Waals surface area (Å²) in [7, 11) is 0. The van der Waals surface area contributed by atoms with Crippen LogP contribution in [0.5, 0.6) is 0 Å². The fourth-order valence-corrected chi connectivity index (χ4v) is 3.17. The molecule has 0 spiro atoms. The van der Waals surface area contributed by atoms with Gasteiger partial charge in [0.1, 0.15) is 0 Å². The van der Waals surface area contributed by atoms with Crippen molar-refractivity contribution in [3.8, 4) is 10.4 Å². The van der Waals surface area contributed by atoms with Gasteiger partial charge in [-0.15, -0.1) is 11.3 Å². The maximum Gasteiger partial charge on any atom is 0.0348 e. The SMILES string of the molecule is Cc1cccc(-c2cc(CNC3CC3)cs2)c1C. The van der Waals surface area contributed by atoms with Gasteiger partial charge in [-0.05, 0) is 60.4 Å². The zero-order valence-corrected chi connectivity index (χ0v) is 11.8. The van der Waals surface area contributed by atoms with E-state index in [-0.39, 0.29) is 0 Å². The monoisotopic (exact) mass is 257 g/mol. The van der Waals surface area contributed by atoms with E-state index in [1.807, 2.05) is 11.3 Å². The van der Waals surface area contributed by atoms with Gasteiger partial charge in [0, 0.05) is 17.5 Å². The average molecular weight is 257 g/mol. The molecule has 1 aliphatic rings. The van der Waals surface area contributed by atoms with Crippen molar-refractivity contribution in [2.45, 2.75) is 39.3 Å². The second-order valence-corrected chi connectivity index (χ2v) is 6.13. The molecule has 3 rings (SSSR count). The van der Waals surface area contributed by atoms with Crippen molar-refractivity contribution in [2.24, 2.45) is 0 Å². The molecule has 0 unspecified atom stereocenters. The second kappa shape index (κ2) is 4.87. The van der Waals surface area contributed by atoms with E-state index in [1.165, 1.54) is 40.0 Å². The van der Waals surface area contributed by atoms with Gasteiger partial charge in [0.25, 0.3) is 0 Å². The van der Waals surface area contributed by atoms with Crippen LogP contribution in [0.3, 0.4) is 0 Å². The molecule has 1 heterocycles. The minimum Gasteiger partial charge on any atom is -0.310 e. The van der Waals surface area contributed by atoms with Gasteiger partial charge in [-0.2, -0.15) is 0 Å². The second-order valence-electron chi connectivity index (χ2n) is 5.22. The topological polar surface area (TPSA) is 12.0 Å². The number of rotatable bonds is 4. The van der Waals surface area contributed by atoms with Crippen LogP contribution in [0.25, 0.3) is 10.4 Å². The lowest BCUT2D eigenvalue weighted by Gasteiger charge is -2.06. The van der Waals surface area contributed by atoms with Gasteiger partial charge in [0.2, 0.25) is 0 Å². The van der Waals surface area contributed by atoms with E-state index in [9.17, 15) is 0 Å². The third-order valence-corrected chi connectivity index (χ3v) is 4.71. The van der Waals surface area contributed by atoms with Gasteiger partial charge in [-0.1, -0.05) is 18.2 Å². The Bertz CT molecular complexity index is 552. The van der Waals surface area contributed by atoms with Gasteiger partial charge in [-0.3, -0.25) is 0 Å². The molecule has 1 saturated carbocycles. The Kier molecular flexibility index (Phi) is 3.23. The van der Waals surface area contributed by atoms with Crippen LogP contribution < -0.4 is 5.32 Å². The first-order valence-electron chi connectivity index (χ1n) is 6.61. The van der Waals surface area contributed by atoms with Crippen LogP contribution in [0.2, 0.25) is 0 Å². The van der Waals surface area contributed by atoms with Crippen molar-refractivity contribution in [3.05, 3.63) is 46.3 Å². The van der Waals surface area contributed by atoms with E-state index in [1.54, 1.807) is 0 Å². The minimum atomic E-state index is 0.786. The maximum absolute atomic E-state index is 3.57. The lowest BCUT2D eigenvalue weighted by Crippen LogP contribution is -2.14. The normalized spacial score (nSPS) is 15.0. The molecule has 1 fully saturated rings. The zero-order chi connectivity index (χ0) is 12.5. The molecular weight excluding hydrogens is 238 g/mol. The summed E-state index contributed by atoms with van der Waals surface area (Å²) in [6.45, 7) is 5.42. The van der Waals surface area contributed by atoms with Crippen molar-refractivity contribution in [1.29, 1.82) is 0 Å². The van der Waals surface area contributed by atoms with Crippen LogP contribution in [-0.2, 0) is 6.54 Å². The highest BCUT2D eigenvalue weighted by molar-refractivity contribution is 7.13. The number of benzene rings is 1. The van der Waals surface area contributed by atoms with Gasteiger partial charge in [0.15, 0.2) is 0 Å². The Morgan fingerprint density at radius 2 is 2.11 bits per heavy atom. The predicted octanol–water partition coefficient (Wildman–Crippen LogP) is 4.28. The largest absolute Gasteiger partial charge is 0.310 e. The third kappa shape index (κ3) is 2.50. The summed E-state index contributed by atoms with van der Waals surface area (Å²) < 4.78 is 0. The summed E-state index contributed by atoms with van der Waals surface area (Å²) in [6, 6.07) is 9.68. The first-order chi connectivity index (χ1) is 8.74. The van der Waals surface area contributed by atoms with Crippen LogP contribution in [0.15, 0.2) is 29.6 Å². The molecule has 0 aliphatic heterocycles. The lowest BCUT2D eigenvalue weighted by atomic mass is 10.0. The lowest BCUT2D eigenvalue weighted by molar-refractivity contribution is 0.689. The van der Waals surface area contributed by atoms with Crippen LogP contribution >= 0.6 is 11.3 Å². The first kappa shape index (κ1) is 11.9. The molecule has 0 amide bonds. The Labute approximate surface area is 113 Å². The fourth-order valence-electron chi connectivity index (χ4n) is 2.18. The summed E-state index contributed by atoms with van der Waals surface area (Å²) in [4.78, 5) is 1.39. The highest BCUT2D eigenvalue weighted by Crippen LogP contribution is 2.31. The molecule has 2 aromatic rings. The molecular formula is C16H19NS. The van der Waals surface area contributed by atoms with Crippen molar-refractivity contribution < 1.29 is 0 Å². The quantitative estimate of drug-likeness (QED) is 0.862. The molecule has 0 saturated heterocycles. The van der Waals surface area contributed by atoms with Crippen LogP contribution in [-0.4, -0.2) is 6.04 Å². The van der Waals surface area contributed by atoms with E-state index in [0.29, 0.717) is 0 Å². The number of hydrogen-bond donors (Lipinski definition) is 1. The van der Waals surface area contributed by atoms with Crippen LogP contribution in [0, 0.1) is 13.8 Å². The minimum absolute atomic E-state index is 0.786. The summed E-state index contributed by atoms with van der Waals surface area (Å²) in [5.74, 6) is 0. The van der Waals surface area contributed by atoms with Gasteiger partial charge < -0.3 is 5.32 Å². The van der Waals surface area contributed by atoms with Crippen molar-refractivity contribution in [2.75, 3.05) is 0 Å². The number of thiophene rings is 1. The smallest absolute Gasteiger partial charge is 0.0348 e. The van der Waals surface area contributed by atoms with E-state index >= 15 is 0 Å². The molecule has 0 radical (unpaired) electrons. The molecule has 1 aromatic heterocycles. The van der Waals surface area contributed by atoms with Crippen molar-refractivity contribution in [1.82, 2.24) is 5.32 Å². The van der Waals surface area contributed by atoms with Crippen LogP contribution in [0.1, 0.15) is 29.5 Å². The van der Waals surface area contributed by atoms with Gasteiger partial charge in [-0.25, -0.2) is 0 Å². The van der Waals surface area contributed by atoms with Crippen molar-refractivity contribution >= 4 is 11.3 Å². The number of aryl methyl sites for hydroxylation is 1. The molecule has 1 aromatic carbocycles. The molecule has 2 heteroatoms. The Hall–Kier alpha value is -1.12. The van der Waals surface area contributed by atoms with Crippen molar-refractivity contribution in [3.63, 3.8) is 0 Å². The van der Waals surface area contributed by atoms with Gasteiger partial charge >= 0.3 is 0 Å². The van der Waals surface area contributed by atoms with E-state index < -0.39 is 0 Å². The molecule has 0 bridgehead atoms. The van der Waals surface area contributed by atoms with E-state index in [4.69, 9.17) is 0 Å². The molecule has 94 valence electrons. The molecule has 0 atom stereocenters. The summed E-state index contributed by atoms with van der Waals surface area (Å²) in [5, 5.41) is 5.85. The standard InChI is InChI=1S/C16H19NS/c1-11-4-3-5-15(12(11)2)16-8-13(10-18-16)9-17-14-6-7-14/h3-5,8,10,14,17H,6-7,9H2,1-2H3. The average Bonchev–Trinajstić information content (AvgIpc) is 3.08. The number of nitrogens with one attached hydrogen (secondary N) is 1. The van der Waals surface area contributed by atoms with Gasteiger partial charge in [0.05, 0.1) is 0 Å². The van der Waals surface area contributed by atoms with E-state index in [0.717, 1.165) is 12.6 Å². The summed E-state index contributed by atoms with van der Waals surface area (Å²) in [6.07, 6.45) is 2.71. The summed E-state index contributed by atoms with van der Waals surface area (Å²) in [5.41, 5.74) is 5.58. The molecule has 1 N–H and O–H groups in total. The maximum atomic E-state index is 3.57. The highest BCUT2D eigenvalue weighted by Gasteiger charge is 2.20. The highest BCUT2D eigenvalue weighted by atomic mass is 32.1. The predicted molar refractivity (Wildman–Crippen MR) is 79.1 cm³/mol. The first-order valence-corrected chi connectivity index (χ1v) is 7.49. The Balaban J connectivity index is 1.80. The molecule has 18 heavy (non-hydrogen) atoms.